The second-order valence-corrected chi connectivity index (χ2v) is 5.96. The van der Waals surface area contributed by atoms with E-state index in [9.17, 15) is 4.79 Å². The average molecular weight is 305 g/mol. The molecule has 1 heterocycles. The zero-order valence-corrected chi connectivity index (χ0v) is 12.1. The van der Waals surface area contributed by atoms with Crippen LogP contribution in [-0.4, -0.2) is 32.6 Å². The normalized spacial score (nSPS) is 15.2. The number of carbonyl (C=O) groups is 1. The Morgan fingerprint density at radius 3 is 2.95 bits per heavy atom. The fourth-order valence-electron chi connectivity index (χ4n) is 2.35. The predicted molar refractivity (Wildman–Crippen MR) is 76.8 cm³/mol. The van der Waals surface area contributed by atoms with E-state index in [1.165, 1.54) is 24.6 Å². The number of aromatic amines is 1. The fourth-order valence-corrected chi connectivity index (χ4v) is 3.21. The maximum absolute atomic E-state index is 11.0. The number of hydrogen-bond acceptors (Lipinski definition) is 5. The van der Waals surface area contributed by atoms with E-state index in [1.54, 1.807) is 0 Å². The van der Waals surface area contributed by atoms with Gasteiger partial charge in [0, 0.05) is 4.90 Å². The number of hydrogen-bond donors (Lipinski definition) is 2. The Kier molecular flexibility index (Phi) is 4.10. The Morgan fingerprint density at radius 1 is 1.38 bits per heavy atom. The number of aromatic carboxylic acids is 1. The molecule has 0 unspecified atom stereocenters. The molecule has 0 saturated heterocycles. The van der Waals surface area contributed by atoms with E-state index in [1.807, 2.05) is 24.3 Å². The van der Waals surface area contributed by atoms with Crippen molar-refractivity contribution in [3.05, 3.63) is 30.0 Å². The van der Waals surface area contributed by atoms with Gasteiger partial charge in [0.15, 0.2) is 10.7 Å². The molecule has 1 aromatic carbocycles. The van der Waals surface area contributed by atoms with Gasteiger partial charge in [-0.15, -0.1) is 5.10 Å². The number of nitrogens with one attached hydrogen (secondary N) is 1. The Labute approximate surface area is 125 Å². The molecule has 1 fully saturated rings. The average Bonchev–Trinajstić information content (AvgIpc) is 3.10. The molecule has 2 aromatic rings. The van der Waals surface area contributed by atoms with Gasteiger partial charge in [-0.25, -0.2) is 4.79 Å². The molecule has 21 heavy (non-hydrogen) atoms. The van der Waals surface area contributed by atoms with Crippen LogP contribution >= 0.6 is 11.8 Å². The van der Waals surface area contributed by atoms with Crippen molar-refractivity contribution in [2.45, 2.75) is 41.7 Å². The standard InChI is InChI=1S/C14H15N3O3S/c18-14(19)12-13(16-17-15-12)21-11-7-3-6-10(8-11)20-9-4-1-2-5-9/h3,6-9H,1-2,4-5H2,(H,18,19)(H,15,16,17). The molecular formula is C14H15N3O3S. The number of rotatable bonds is 5. The molecule has 0 spiro atoms. The van der Waals surface area contributed by atoms with Gasteiger partial charge in [0.2, 0.25) is 0 Å². The molecule has 1 aliphatic rings. The van der Waals surface area contributed by atoms with Crippen molar-refractivity contribution < 1.29 is 14.6 Å². The van der Waals surface area contributed by atoms with Crippen molar-refractivity contribution in [1.29, 1.82) is 0 Å². The molecule has 0 radical (unpaired) electrons. The molecule has 110 valence electrons. The summed E-state index contributed by atoms with van der Waals surface area (Å²) in [7, 11) is 0. The Morgan fingerprint density at radius 2 is 2.19 bits per heavy atom. The third-order valence-corrected chi connectivity index (χ3v) is 4.32. The Bertz CT molecular complexity index is 638. The highest BCUT2D eigenvalue weighted by Gasteiger charge is 2.18. The van der Waals surface area contributed by atoms with Gasteiger partial charge >= 0.3 is 5.97 Å². The quantitative estimate of drug-likeness (QED) is 0.883. The number of H-pyrrole nitrogens is 1. The summed E-state index contributed by atoms with van der Waals surface area (Å²) >= 11 is 1.26. The van der Waals surface area contributed by atoms with Crippen LogP contribution in [-0.2, 0) is 0 Å². The van der Waals surface area contributed by atoms with Crippen LogP contribution in [0.5, 0.6) is 5.75 Å². The van der Waals surface area contributed by atoms with Gasteiger partial charge < -0.3 is 9.84 Å². The van der Waals surface area contributed by atoms with Crippen LogP contribution in [0.25, 0.3) is 0 Å². The molecule has 1 saturated carbocycles. The number of carboxylic acid groups (broad SMARTS) is 1. The minimum Gasteiger partial charge on any atom is -0.490 e. The molecule has 0 bridgehead atoms. The Hall–Kier alpha value is -2.02. The van der Waals surface area contributed by atoms with Gasteiger partial charge in [0.25, 0.3) is 0 Å². The highest BCUT2D eigenvalue weighted by Crippen LogP contribution is 2.31. The van der Waals surface area contributed by atoms with Gasteiger partial charge in [-0.1, -0.05) is 23.0 Å². The highest BCUT2D eigenvalue weighted by molar-refractivity contribution is 7.99. The van der Waals surface area contributed by atoms with Gasteiger partial charge in [0.1, 0.15) is 5.75 Å². The molecular weight excluding hydrogens is 290 g/mol. The van der Waals surface area contributed by atoms with Crippen molar-refractivity contribution in [3.8, 4) is 5.75 Å². The summed E-state index contributed by atoms with van der Waals surface area (Å²) in [6.45, 7) is 0. The topological polar surface area (TPSA) is 88.1 Å². The van der Waals surface area contributed by atoms with E-state index in [-0.39, 0.29) is 5.69 Å². The van der Waals surface area contributed by atoms with E-state index in [0.717, 1.165) is 23.5 Å². The van der Waals surface area contributed by atoms with Crippen molar-refractivity contribution in [1.82, 2.24) is 15.4 Å². The molecule has 0 aliphatic heterocycles. The smallest absolute Gasteiger partial charge is 0.356 e. The third kappa shape index (κ3) is 3.36. The van der Waals surface area contributed by atoms with Crippen LogP contribution in [0.15, 0.2) is 34.2 Å². The number of ether oxygens (including phenoxy) is 1. The summed E-state index contributed by atoms with van der Waals surface area (Å²) in [4.78, 5) is 11.9. The van der Waals surface area contributed by atoms with Crippen LogP contribution < -0.4 is 4.74 Å². The number of benzene rings is 1. The van der Waals surface area contributed by atoms with E-state index in [4.69, 9.17) is 9.84 Å². The highest BCUT2D eigenvalue weighted by atomic mass is 32.2. The maximum atomic E-state index is 11.0. The van der Waals surface area contributed by atoms with Crippen LogP contribution in [0.3, 0.4) is 0 Å². The lowest BCUT2D eigenvalue weighted by Crippen LogP contribution is -2.10. The lowest BCUT2D eigenvalue weighted by Gasteiger charge is -2.13. The minimum absolute atomic E-state index is 0.00196. The first-order chi connectivity index (χ1) is 10.2. The van der Waals surface area contributed by atoms with Crippen LogP contribution in [0, 0.1) is 0 Å². The monoisotopic (exact) mass is 305 g/mol. The molecule has 6 nitrogen and oxygen atoms in total. The second-order valence-electron chi connectivity index (χ2n) is 4.90. The van der Waals surface area contributed by atoms with Crippen molar-refractivity contribution in [3.63, 3.8) is 0 Å². The number of aromatic nitrogens is 3. The number of carboxylic acids is 1. The largest absolute Gasteiger partial charge is 0.490 e. The molecule has 0 amide bonds. The summed E-state index contributed by atoms with van der Waals surface area (Å²) in [6, 6.07) is 7.62. The lowest BCUT2D eigenvalue weighted by atomic mass is 10.3. The van der Waals surface area contributed by atoms with E-state index in [0.29, 0.717) is 11.1 Å². The molecule has 3 rings (SSSR count). The molecule has 1 aliphatic carbocycles. The van der Waals surface area contributed by atoms with E-state index >= 15 is 0 Å². The zero-order valence-electron chi connectivity index (χ0n) is 11.3. The Balaban J connectivity index is 1.73. The molecule has 2 N–H and O–H groups in total. The third-order valence-electron chi connectivity index (χ3n) is 3.36. The summed E-state index contributed by atoms with van der Waals surface area (Å²) in [5.41, 5.74) is 0.00196. The maximum Gasteiger partial charge on any atom is 0.356 e. The summed E-state index contributed by atoms with van der Waals surface area (Å²) < 4.78 is 5.94. The van der Waals surface area contributed by atoms with Crippen molar-refractivity contribution in [2.75, 3.05) is 0 Å². The van der Waals surface area contributed by atoms with Crippen LogP contribution in [0.1, 0.15) is 36.2 Å². The second kappa shape index (κ2) is 6.17. The van der Waals surface area contributed by atoms with Gasteiger partial charge in [-0.2, -0.15) is 0 Å². The molecule has 7 heteroatoms. The lowest BCUT2D eigenvalue weighted by molar-refractivity contribution is 0.0686. The molecule has 1 aromatic heterocycles. The fraction of sp³-hybridized carbons (Fsp3) is 0.357. The predicted octanol–water partition coefficient (Wildman–Crippen LogP) is 2.98. The first-order valence-corrected chi connectivity index (χ1v) is 7.63. The molecule has 0 atom stereocenters. The van der Waals surface area contributed by atoms with E-state index in [2.05, 4.69) is 15.4 Å². The number of nitrogens with zero attached hydrogens (tertiary/aromatic N) is 2. The van der Waals surface area contributed by atoms with E-state index < -0.39 is 5.97 Å². The zero-order chi connectivity index (χ0) is 14.7. The van der Waals surface area contributed by atoms with Crippen LogP contribution in [0.2, 0.25) is 0 Å². The first kappa shape index (κ1) is 13.9. The minimum atomic E-state index is -1.07. The summed E-state index contributed by atoms with van der Waals surface area (Å²) in [6.07, 6.45) is 4.94. The van der Waals surface area contributed by atoms with Crippen LogP contribution in [0.4, 0.5) is 0 Å². The van der Waals surface area contributed by atoms with Gasteiger partial charge in [-0.05, 0) is 43.9 Å². The van der Waals surface area contributed by atoms with Crippen molar-refractivity contribution >= 4 is 17.7 Å². The summed E-state index contributed by atoms with van der Waals surface area (Å²) in [5, 5.41) is 19.1. The summed E-state index contributed by atoms with van der Waals surface area (Å²) in [5.74, 6) is -0.256. The van der Waals surface area contributed by atoms with Gasteiger partial charge in [-0.3, -0.25) is 5.10 Å². The first-order valence-electron chi connectivity index (χ1n) is 6.81. The SMILES string of the molecule is O=C(O)c1[nH]nnc1Sc1cccc(OC2CCCC2)c1. The van der Waals surface area contributed by atoms with Crippen molar-refractivity contribution in [2.24, 2.45) is 0 Å². The van der Waals surface area contributed by atoms with Gasteiger partial charge in [0.05, 0.1) is 6.10 Å².